The van der Waals surface area contributed by atoms with Crippen molar-refractivity contribution in [2.75, 3.05) is 38.2 Å². The number of fused-ring (bicyclic) bond motifs is 1. The third-order valence-corrected chi connectivity index (χ3v) is 5.36. The molecule has 1 saturated heterocycles. The first-order valence-electron chi connectivity index (χ1n) is 10.6. The Morgan fingerprint density at radius 2 is 2.03 bits per heavy atom. The van der Waals surface area contributed by atoms with Crippen LogP contribution in [-0.4, -0.2) is 55.3 Å². The summed E-state index contributed by atoms with van der Waals surface area (Å²) >= 11 is 0. The van der Waals surface area contributed by atoms with Crippen LogP contribution in [-0.2, 0) is 6.42 Å². The first-order chi connectivity index (χ1) is 14.8. The second-order valence-electron chi connectivity index (χ2n) is 7.46. The number of para-hydroxylation sites is 4. The molecule has 0 radical (unpaired) electrons. The smallest absolute Gasteiger partial charge is 0.191 e. The summed E-state index contributed by atoms with van der Waals surface area (Å²) < 4.78 is 5.52. The minimum absolute atomic E-state index is 0. The summed E-state index contributed by atoms with van der Waals surface area (Å²) in [6, 6.07) is 16.6. The van der Waals surface area contributed by atoms with Crippen LogP contribution < -0.4 is 20.3 Å². The van der Waals surface area contributed by atoms with E-state index >= 15 is 0 Å². The highest BCUT2D eigenvalue weighted by molar-refractivity contribution is 14.0. The number of methoxy groups -OCH3 is 1. The van der Waals surface area contributed by atoms with Gasteiger partial charge in [0.05, 0.1) is 23.8 Å². The monoisotopic (exact) mass is 534 g/mol. The van der Waals surface area contributed by atoms with Gasteiger partial charge in [-0.3, -0.25) is 4.99 Å². The van der Waals surface area contributed by atoms with Crippen LogP contribution in [0.25, 0.3) is 11.0 Å². The molecule has 0 aliphatic carbocycles. The number of guanidine groups is 1. The van der Waals surface area contributed by atoms with Gasteiger partial charge in [-0.15, -0.1) is 24.0 Å². The zero-order valence-corrected chi connectivity index (χ0v) is 20.4. The van der Waals surface area contributed by atoms with Gasteiger partial charge in [-0.1, -0.05) is 24.3 Å². The van der Waals surface area contributed by atoms with Crippen LogP contribution in [0.2, 0.25) is 0 Å². The van der Waals surface area contributed by atoms with E-state index in [9.17, 15) is 0 Å². The minimum Gasteiger partial charge on any atom is -0.495 e. The number of halogens is 1. The number of benzene rings is 2. The Morgan fingerprint density at radius 1 is 1.23 bits per heavy atom. The van der Waals surface area contributed by atoms with Crippen LogP contribution in [0.15, 0.2) is 53.5 Å². The van der Waals surface area contributed by atoms with E-state index in [0.717, 1.165) is 66.7 Å². The molecule has 1 fully saturated rings. The van der Waals surface area contributed by atoms with Crippen molar-refractivity contribution >= 4 is 46.7 Å². The number of imidazole rings is 1. The SMILES string of the molecule is CCNC(=NCCc1nc2ccccc2[nH]1)NC1CCN(c2ccccc2OC)C1.I. The number of aromatic amines is 1. The van der Waals surface area contributed by atoms with E-state index in [2.05, 4.69) is 44.6 Å². The van der Waals surface area contributed by atoms with Gasteiger partial charge in [-0.25, -0.2) is 4.98 Å². The number of hydrogen-bond acceptors (Lipinski definition) is 4. The normalized spacial score (nSPS) is 16.3. The molecule has 4 rings (SSSR count). The highest BCUT2D eigenvalue weighted by Crippen LogP contribution is 2.30. The highest BCUT2D eigenvalue weighted by atomic mass is 127. The molecule has 1 unspecified atom stereocenters. The summed E-state index contributed by atoms with van der Waals surface area (Å²) in [4.78, 5) is 15.1. The van der Waals surface area contributed by atoms with Crippen LogP contribution in [0.3, 0.4) is 0 Å². The van der Waals surface area contributed by atoms with E-state index in [0.29, 0.717) is 12.6 Å². The molecule has 0 spiro atoms. The molecule has 0 saturated carbocycles. The number of nitrogens with one attached hydrogen (secondary N) is 3. The summed E-state index contributed by atoms with van der Waals surface area (Å²) in [7, 11) is 1.72. The number of ether oxygens (including phenoxy) is 1. The quantitative estimate of drug-likeness (QED) is 0.246. The average Bonchev–Trinajstić information content (AvgIpc) is 3.40. The van der Waals surface area contributed by atoms with E-state index in [-0.39, 0.29) is 24.0 Å². The first-order valence-corrected chi connectivity index (χ1v) is 10.6. The Labute approximate surface area is 200 Å². The molecular formula is C23H31IN6O. The molecule has 1 aliphatic heterocycles. The third-order valence-electron chi connectivity index (χ3n) is 5.36. The standard InChI is InChI=1S/C23H30N6O.HI/c1-3-24-23(25-14-12-22-27-18-8-4-5-9-19(18)28-22)26-17-13-15-29(16-17)20-10-6-7-11-21(20)30-2;/h4-11,17H,3,12-16H2,1-2H3,(H,27,28)(H2,24,25,26);1H. The van der Waals surface area contributed by atoms with E-state index in [4.69, 9.17) is 9.73 Å². The predicted octanol–water partition coefficient (Wildman–Crippen LogP) is 3.57. The van der Waals surface area contributed by atoms with Gasteiger partial charge in [0.1, 0.15) is 11.6 Å². The molecule has 1 atom stereocenters. The molecular weight excluding hydrogens is 503 g/mol. The molecule has 3 aromatic rings. The van der Waals surface area contributed by atoms with Gasteiger partial charge >= 0.3 is 0 Å². The van der Waals surface area contributed by atoms with Crippen molar-refractivity contribution < 1.29 is 4.74 Å². The summed E-state index contributed by atoms with van der Waals surface area (Å²) in [5.74, 6) is 2.75. The van der Waals surface area contributed by atoms with Crippen LogP contribution >= 0.6 is 24.0 Å². The maximum Gasteiger partial charge on any atom is 0.191 e. The van der Waals surface area contributed by atoms with Gasteiger partial charge < -0.3 is 25.3 Å². The van der Waals surface area contributed by atoms with Crippen LogP contribution in [0, 0.1) is 0 Å². The molecule has 3 N–H and O–H groups in total. The fourth-order valence-electron chi connectivity index (χ4n) is 3.90. The third kappa shape index (κ3) is 5.81. The summed E-state index contributed by atoms with van der Waals surface area (Å²) in [6.07, 6.45) is 1.84. The number of H-pyrrole nitrogens is 1. The van der Waals surface area contributed by atoms with Crippen molar-refractivity contribution in [1.29, 1.82) is 0 Å². The Morgan fingerprint density at radius 3 is 2.84 bits per heavy atom. The second kappa shape index (κ2) is 11.2. The van der Waals surface area contributed by atoms with Crippen molar-refractivity contribution in [1.82, 2.24) is 20.6 Å². The van der Waals surface area contributed by atoms with E-state index < -0.39 is 0 Å². The molecule has 7 nitrogen and oxygen atoms in total. The Bertz CT molecular complexity index is 971. The Hall–Kier alpha value is -2.49. The van der Waals surface area contributed by atoms with E-state index in [1.807, 2.05) is 36.4 Å². The number of hydrogen-bond donors (Lipinski definition) is 3. The zero-order valence-electron chi connectivity index (χ0n) is 18.1. The summed E-state index contributed by atoms with van der Waals surface area (Å²) in [5, 5.41) is 6.96. The number of rotatable bonds is 7. The van der Waals surface area contributed by atoms with Crippen molar-refractivity contribution in [3.63, 3.8) is 0 Å². The molecule has 0 bridgehead atoms. The molecule has 2 aromatic carbocycles. The molecule has 1 aliphatic rings. The lowest BCUT2D eigenvalue weighted by Crippen LogP contribution is -2.44. The molecule has 8 heteroatoms. The number of aromatic nitrogens is 2. The van der Waals surface area contributed by atoms with Crippen molar-refractivity contribution in [3.8, 4) is 5.75 Å². The lowest BCUT2D eigenvalue weighted by Gasteiger charge is -2.22. The molecule has 2 heterocycles. The topological polar surface area (TPSA) is 77.6 Å². The summed E-state index contributed by atoms with van der Waals surface area (Å²) in [5.41, 5.74) is 3.23. The fraction of sp³-hybridized carbons (Fsp3) is 0.391. The minimum atomic E-state index is 0. The van der Waals surface area contributed by atoms with Crippen LogP contribution in [0.4, 0.5) is 5.69 Å². The largest absolute Gasteiger partial charge is 0.495 e. The first kappa shape index (κ1) is 23.2. The van der Waals surface area contributed by atoms with Crippen molar-refractivity contribution in [2.24, 2.45) is 4.99 Å². The summed E-state index contributed by atoms with van der Waals surface area (Å²) in [6.45, 7) is 5.52. The van der Waals surface area contributed by atoms with E-state index in [1.165, 1.54) is 0 Å². The van der Waals surface area contributed by atoms with Crippen molar-refractivity contribution in [3.05, 3.63) is 54.4 Å². The lowest BCUT2D eigenvalue weighted by molar-refractivity contribution is 0.415. The fourth-order valence-corrected chi connectivity index (χ4v) is 3.90. The number of nitrogens with zero attached hydrogens (tertiary/aromatic N) is 3. The van der Waals surface area contributed by atoms with Gasteiger partial charge in [-0.05, 0) is 37.6 Å². The van der Waals surface area contributed by atoms with Crippen LogP contribution in [0.5, 0.6) is 5.75 Å². The molecule has 166 valence electrons. The Kier molecular flexibility index (Phi) is 8.39. The van der Waals surface area contributed by atoms with Crippen LogP contribution in [0.1, 0.15) is 19.2 Å². The zero-order chi connectivity index (χ0) is 20.8. The van der Waals surface area contributed by atoms with Crippen molar-refractivity contribution in [2.45, 2.75) is 25.8 Å². The van der Waals surface area contributed by atoms with Gasteiger partial charge in [0.15, 0.2) is 5.96 Å². The maximum absolute atomic E-state index is 5.52. The molecule has 0 amide bonds. The Balaban J connectivity index is 0.00000272. The lowest BCUT2D eigenvalue weighted by atomic mass is 10.2. The average molecular weight is 534 g/mol. The second-order valence-corrected chi connectivity index (χ2v) is 7.46. The van der Waals surface area contributed by atoms with E-state index in [1.54, 1.807) is 7.11 Å². The van der Waals surface area contributed by atoms with Gasteiger partial charge in [0, 0.05) is 38.6 Å². The van der Waals surface area contributed by atoms with Gasteiger partial charge in [0.25, 0.3) is 0 Å². The molecule has 31 heavy (non-hydrogen) atoms. The highest BCUT2D eigenvalue weighted by Gasteiger charge is 2.25. The van der Waals surface area contributed by atoms with Gasteiger partial charge in [0.2, 0.25) is 0 Å². The molecule has 1 aromatic heterocycles. The maximum atomic E-state index is 5.52. The van der Waals surface area contributed by atoms with Gasteiger partial charge in [-0.2, -0.15) is 0 Å². The predicted molar refractivity (Wildman–Crippen MR) is 138 cm³/mol. The number of aliphatic imine (C=N–C) groups is 1. The number of anilines is 1.